The average Bonchev–Trinajstić information content (AvgIpc) is 3.39. The molecular weight excluding hydrogens is 387 g/mol. The summed E-state index contributed by atoms with van der Waals surface area (Å²) >= 11 is 0. The molecule has 1 fully saturated rings. The number of hydrogen-bond donors (Lipinski definition) is 1. The summed E-state index contributed by atoms with van der Waals surface area (Å²) in [6.07, 6.45) is 7.82. The number of nitrogens with two attached hydrogens (primary N) is 1. The standard InChI is InChI=1S/C21H25FN6O2/c1-2-30-21(29)16-13-25-28-10-7-19(26-20(16)28)27-9-4-6-18(27)15-11-14(22)12-24-17(15)5-3-8-23/h7,10-13,18H,2-6,8-9,23H2,1H3. The van der Waals surface area contributed by atoms with Crippen molar-refractivity contribution in [1.29, 1.82) is 0 Å². The van der Waals surface area contributed by atoms with Gasteiger partial charge >= 0.3 is 5.97 Å². The van der Waals surface area contributed by atoms with Gasteiger partial charge in [-0.1, -0.05) is 0 Å². The van der Waals surface area contributed by atoms with Gasteiger partial charge in [0.05, 0.1) is 25.0 Å². The van der Waals surface area contributed by atoms with E-state index in [1.807, 2.05) is 6.07 Å². The molecule has 0 radical (unpaired) electrons. The summed E-state index contributed by atoms with van der Waals surface area (Å²) in [5.74, 6) is -0.0873. The molecule has 1 unspecified atom stereocenters. The van der Waals surface area contributed by atoms with Crippen molar-refractivity contribution in [2.75, 3.05) is 24.6 Å². The minimum atomic E-state index is -0.450. The summed E-state index contributed by atoms with van der Waals surface area (Å²) < 4.78 is 20.7. The highest BCUT2D eigenvalue weighted by Gasteiger charge is 2.30. The zero-order chi connectivity index (χ0) is 21.1. The van der Waals surface area contributed by atoms with Gasteiger partial charge in [0.2, 0.25) is 0 Å². The van der Waals surface area contributed by atoms with Crippen molar-refractivity contribution in [2.24, 2.45) is 5.73 Å². The van der Waals surface area contributed by atoms with Crippen LogP contribution in [0, 0.1) is 5.82 Å². The van der Waals surface area contributed by atoms with Crippen LogP contribution in [0.15, 0.2) is 30.7 Å². The van der Waals surface area contributed by atoms with Gasteiger partial charge in [-0.05, 0) is 56.8 Å². The topological polar surface area (TPSA) is 98.6 Å². The number of ether oxygens (including phenoxy) is 1. The van der Waals surface area contributed by atoms with E-state index in [0.29, 0.717) is 30.0 Å². The zero-order valence-corrected chi connectivity index (χ0v) is 16.9. The molecule has 0 aromatic carbocycles. The molecule has 3 aromatic heterocycles. The Morgan fingerprint density at radius 2 is 2.27 bits per heavy atom. The van der Waals surface area contributed by atoms with E-state index in [1.165, 1.54) is 12.4 Å². The maximum atomic E-state index is 14.0. The second-order valence-corrected chi connectivity index (χ2v) is 7.27. The number of carbonyl (C=O) groups excluding carboxylic acids is 1. The first-order valence-corrected chi connectivity index (χ1v) is 10.2. The molecule has 1 aliphatic rings. The Labute approximate surface area is 173 Å². The first kappa shape index (κ1) is 20.2. The van der Waals surface area contributed by atoms with Gasteiger partial charge in [-0.15, -0.1) is 0 Å². The molecule has 158 valence electrons. The number of rotatable bonds is 7. The molecule has 4 heterocycles. The minimum Gasteiger partial charge on any atom is -0.462 e. The van der Waals surface area contributed by atoms with E-state index in [4.69, 9.17) is 15.5 Å². The first-order chi connectivity index (χ1) is 14.6. The maximum absolute atomic E-state index is 14.0. The van der Waals surface area contributed by atoms with Crippen LogP contribution >= 0.6 is 0 Å². The molecule has 8 nitrogen and oxygen atoms in total. The van der Waals surface area contributed by atoms with Crippen molar-refractivity contribution in [3.05, 3.63) is 53.4 Å². The fourth-order valence-electron chi connectivity index (χ4n) is 3.99. The van der Waals surface area contributed by atoms with E-state index < -0.39 is 5.97 Å². The smallest absolute Gasteiger partial charge is 0.343 e. The van der Waals surface area contributed by atoms with Crippen LogP contribution in [0.1, 0.15) is 53.8 Å². The number of anilines is 1. The van der Waals surface area contributed by atoms with Gasteiger partial charge in [-0.2, -0.15) is 5.10 Å². The largest absolute Gasteiger partial charge is 0.462 e. The van der Waals surface area contributed by atoms with Crippen LogP contribution in [0.4, 0.5) is 10.2 Å². The summed E-state index contributed by atoms with van der Waals surface area (Å²) in [5.41, 5.74) is 8.18. The molecule has 0 bridgehead atoms. The SMILES string of the molecule is CCOC(=O)c1cnn2ccc(N3CCCC3c3cc(F)cnc3CCCN)nc12. The number of aryl methyl sites for hydroxylation is 1. The van der Waals surface area contributed by atoms with Crippen LogP contribution in [0.3, 0.4) is 0 Å². The molecule has 1 aliphatic heterocycles. The summed E-state index contributed by atoms with van der Waals surface area (Å²) in [6.45, 7) is 3.38. The van der Waals surface area contributed by atoms with E-state index in [2.05, 4.69) is 15.0 Å². The molecule has 0 saturated carbocycles. The summed E-state index contributed by atoms with van der Waals surface area (Å²) in [4.78, 5) is 23.4. The quantitative estimate of drug-likeness (QED) is 0.596. The van der Waals surface area contributed by atoms with Gasteiger partial charge in [0.1, 0.15) is 17.2 Å². The fraction of sp³-hybridized carbons (Fsp3) is 0.429. The third kappa shape index (κ3) is 3.85. The van der Waals surface area contributed by atoms with E-state index in [-0.39, 0.29) is 18.5 Å². The molecule has 0 aliphatic carbocycles. The van der Waals surface area contributed by atoms with E-state index in [9.17, 15) is 9.18 Å². The Hall–Kier alpha value is -3.07. The molecule has 9 heteroatoms. The fourth-order valence-corrected chi connectivity index (χ4v) is 3.99. The van der Waals surface area contributed by atoms with Crippen molar-refractivity contribution < 1.29 is 13.9 Å². The number of pyridine rings is 1. The normalized spacial score (nSPS) is 16.4. The monoisotopic (exact) mass is 412 g/mol. The number of nitrogens with zero attached hydrogens (tertiary/aromatic N) is 5. The lowest BCUT2D eigenvalue weighted by Crippen LogP contribution is -2.25. The Kier molecular flexibility index (Phi) is 5.89. The number of fused-ring (bicyclic) bond motifs is 1. The Morgan fingerprint density at radius 3 is 3.07 bits per heavy atom. The first-order valence-electron chi connectivity index (χ1n) is 10.2. The molecule has 3 aromatic rings. The predicted octanol–water partition coefficient (Wildman–Crippen LogP) is 2.67. The zero-order valence-electron chi connectivity index (χ0n) is 16.9. The van der Waals surface area contributed by atoms with Crippen molar-refractivity contribution in [1.82, 2.24) is 19.6 Å². The molecule has 1 atom stereocenters. The van der Waals surface area contributed by atoms with Gasteiger partial charge in [0.25, 0.3) is 0 Å². The van der Waals surface area contributed by atoms with Crippen LogP contribution in [-0.2, 0) is 11.2 Å². The van der Waals surface area contributed by atoms with Gasteiger partial charge in [-0.25, -0.2) is 18.7 Å². The summed E-state index contributed by atoms with van der Waals surface area (Å²) in [7, 11) is 0. The average molecular weight is 412 g/mol. The highest BCUT2D eigenvalue weighted by molar-refractivity contribution is 5.95. The number of carbonyl (C=O) groups is 1. The van der Waals surface area contributed by atoms with Gasteiger partial charge in [0, 0.05) is 18.4 Å². The van der Waals surface area contributed by atoms with Gasteiger partial charge in [-0.3, -0.25) is 4.98 Å². The Bertz CT molecular complexity index is 1050. The maximum Gasteiger partial charge on any atom is 0.343 e. The number of aromatic nitrogens is 4. The second kappa shape index (κ2) is 8.74. The predicted molar refractivity (Wildman–Crippen MR) is 110 cm³/mol. The molecular formula is C21H25FN6O2. The number of esters is 1. The molecule has 0 spiro atoms. The van der Waals surface area contributed by atoms with Gasteiger partial charge < -0.3 is 15.4 Å². The molecule has 4 rings (SSSR count). The van der Waals surface area contributed by atoms with E-state index in [0.717, 1.165) is 37.1 Å². The molecule has 1 saturated heterocycles. The number of hydrogen-bond acceptors (Lipinski definition) is 7. The van der Waals surface area contributed by atoms with Crippen molar-refractivity contribution >= 4 is 17.4 Å². The Morgan fingerprint density at radius 1 is 1.40 bits per heavy atom. The minimum absolute atomic E-state index is 0.0371. The molecule has 30 heavy (non-hydrogen) atoms. The van der Waals surface area contributed by atoms with Crippen LogP contribution in [0.5, 0.6) is 0 Å². The highest BCUT2D eigenvalue weighted by Crippen LogP contribution is 2.37. The van der Waals surface area contributed by atoms with Crippen LogP contribution in [0.25, 0.3) is 5.65 Å². The molecule has 0 amide bonds. The van der Waals surface area contributed by atoms with Crippen LogP contribution in [-0.4, -0.2) is 45.2 Å². The van der Waals surface area contributed by atoms with Crippen molar-refractivity contribution in [2.45, 2.75) is 38.6 Å². The lowest BCUT2D eigenvalue weighted by Gasteiger charge is -2.27. The summed E-state index contributed by atoms with van der Waals surface area (Å²) in [6, 6.07) is 3.40. The summed E-state index contributed by atoms with van der Waals surface area (Å²) in [5, 5.41) is 4.19. The third-order valence-electron chi connectivity index (χ3n) is 5.34. The van der Waals surface area contributed by atoms with Crippen molar-refractivity contribution in [3.63, 3.8) is 0 Å². The molecule has 2 N–H and O–H groups in total. The third-order valence-corrected chi connectivity index (χ3v) is 5.34. The lowest BCUT2D eigenvalue weighted by molar-refractivity contribution is 0.0528. The lowest BCUT2D eigenvalue weighted by atomic mass is 10.00. The van der Waals surface area contributed by atoms with Crippen LogP contribution in [0.2, 0.25) is 0 Å². The Balaban J connectivity index is 1.70. The van der Waals surface area contributed by atoms with Crippen molar-refractivity contribution in [3.8, 4) is 0 Å². The van der Waals surface area contributed by atoms with Gasteiger partial charge in [0.15, 0.2) is 5.65 Å². The highest BCUT2D eigenvalue weighted by atomic mass is 19.1. The van der Waals surface area contributed by atoms with E-state index >= 15 is 0 Å². The second-order valence-electron chi connectivity index (χ2n) is 7.27. The van der Waals surface area contributed by atoms with E-state index in [1.54, 1.807) is 23.7 Å². The van der Waals surface area contributed by atoms with Crippen LogP contribution < -0.4 is 10.6 Å². The number of halogens is 1.